The monoisotopic (exact) mass is 385 g/mol. The van der Waals surface area contributed by atoms with Crippen LogP contribution in [0.4, 0.5) is 11.5 Å². The molecule has 2 heterocycles. The van der Waals surface area contributed by atoms with Gasteiger partial charge in [-0.1, -0.05) is 25.1 Å². The van der Waals surface area contributed by atoms with Crippen molar-refractivity contribution < 1.29 is 14.3 Å². The molecule has 29 heavy (non-hydrogen) atoms. The second-order valence-corrected chi connectivity index (χ2v) is 6.49. The Morgan fingerprint density at radius 1 is 1.10 bits per heavy atom. The van der Waals surface area contributed by atoms with Gasteiger partial charge >= 0.3 is 0 Å². The van der Waals surface area contributed by atoms with Gasteiger partial charge in [-0.2, -0.15) is 0 Å². The topological polar surface area (TPSA) is 87.7 Å². The Labute approximate surface area is 167 Å². The van der Waals surface area contributed by atoms with Gasteiger partial charge < -0.3 is 14.8 Å². The molecule has 1 amide bonds. The van der Waals surface area contributed by atoms with Gasteiger partial charge in [0, 0.05) is 17.6 Å². The van der Waals surface area contributed by atoms with Gasteiger partial charge in [0.25, 0.3) is 5.91 Å². The third kappa shape index (κ3) is 4.16. The fourth-order valence-corrected chi connectivity index (χ4v) is 2.90. The Kier molecular flexibility index (Phi) is 5.07. The van der Waals surface area contributed by atoms with Gasteiger partial charge in [-0.3, -0.25) is 4.79 Å². The van der Waals surface area contributed by atoms with Crippen molar-refractivity contribution in [1.29, 1.82) is 0 Å². The minimum atomic E-state index is -0.383. The molecule has 0 aliphatic carbocycles. The van der Waals surface area contributed by atoms with Crippen molar-refractivity contribution in [3.8, 4) is 5.75 Å². The lowest BCUT2D eigenvalue weighted by molar-refractivity contribution is 0.102. The van der Waals surface area contributed by atoms with Gasteiger partial charge in [0.1, 0.15) is 22.7 Å². The number of nitrogens with one attached hydrogen (secondary N) is 1. The molecule has 0 saturated carbocycles. The quantitative estimate of drug-likeness (QED) is 0.538. The summed E-state index contributed by atoms with van der Waals surface area (Å²) in [7, 11) is 0. The second kappa shape index (κ2) is 7.98. The summed E-state index contributed by atoms with van der Waals surface area (Å²) in [6, 6.07) is 19.4. The molecular formula is C23H19N3O3. The Bertz CT molecular complexity index is 1230. The molecule has 0 radical (unpaired) electrons. The lowest BCUT2D eigenvalue weighted by Crippen LogP contribution is -2.22. The van der Waals surface area contributed by atoms with Crippen LogP contribution >= 0.6 is 0 Å². The van der Waals surface area contributed by atoms with Gasteiger partial charge in [0.05, 0.1) is 5.69 Å². The predicted molar refractivity (Wildman–Crippen MR) is 111 cm³/mol. The van der Waals surface area contributed by atoms with Gasteiger partial charge in [-0.15, -0.1) is 0 Å². The highest BCUT2D eigenvalue weighted by atomic mass is 16.3. The summed E-state index contributed by atoms with van der Waals surface area (Å²) >= 11 is 0. The third-order valence-electron chi connectivity index (χ3n) is 4.46. The molecule has 2 aromatic heterocycles. The summed E-state index contributed by atoms with van der Waals surface area (Å²) in [5, 5.41) is 13.2. The van der Waals surface area contributed by atoms with Crippen molar-refractivity contribution in [3.63, 3.8) is 0 Å². The summed E-state index contributed by atoms with van der Waals surface area (Å²) in [6.45, 7) is 2.08. The van der Waals surface area contributed by atoms with Crippen LogP contribution in [0.3, 0.4) is 0 Å². The Morgan fingerprint density at radius 3 is 2.66 bits per heavy atom. The summed E-state index contributed by atoms with van der Waals surface area (Å²) < 4.78 is 5.89. The molecule has 0 fully saturated rings. The lowest BCUT2D eigenvalue weighted by Gasteiger charge is -2.07. The van der Waals surface area contributed by atoms with E-state index < -0.39 is 0 Å². The van der Waals surface area contributed by atoms with Crippen LogP contribution in [0.2, 0.25) is 0 Å². The number of aryl methyl sites for hydroxylation is 1. The second-order valence-electron chi connectivity index (χ2n) is 6.49. The standard InChI is InChI=1S/C23H19N3O3/c1-2-15-6-9-17(10-7-15)25-23-19(22(28)26-21-5-3-4-12-24-21)13-16-8-11-18(27)14-20(16)29-23/h3-14,27H,2H2,1H3,(H,24,26,28). The summed E-state index contributed by atoms with van der Waals surface area (Å²) in [5.74, 6) is 0.123. The molecule has 0 saturated heterocycles. The van der Waals surface area contributed by atoms with E-state index in [4.69, 9.17) is 4.42 Å². The number of hydrogen-bond acceptors (Lipinski definition) is 5. The number of pyridine rings is 1. The number of aromatic hydroxyl groups is 1. The zero-order chi connectivity index (χ0) is 20.2. The van der Waals surface area contributed by atoms with Crippen LogP contribution in [0.15, 0.2) is 82.3 Å². The molecule has 0 bridgehead atoms. The van der Waals surface area contributed by atoms with E-state index in [1.165, 1.54) is 11.6 Å². The molecule has 2 N–H and O–H groups in total. The number of phenolic OH excluding ortho intramolecular Hbond substituents is 1. The molecule has 4 aromatic rings. The maximum Gasteiger partial charge on any atom is 0.262 e. The molecule has 6 heteroatoms. The highest BCUT2D eigenvalue weighted by molar-refractivity contribution is 6.05. The number of amides is 1. The fourth-order valence-electron chi connectivity index (χ4n) is 2.90. The highest BCUT2D eigenvalue weighted by Crippen LogP contribution is 2.20. The van der Waals surface area contributed by atoms with Crippen LogP contribution in [-0.4, -0.2) is 16.0 Å². The van der Waals surface area contributed by atoms with Crippen molar-refractivity contribution in [2.45, 2.75) is 13.3 Å². The van der Waals surface area contributed by atoms with E-state index in [0.29, 0.717) is 22.5 Å². The van der Waals surface area contributed by atoms with E-state index in [2.05, 4.69) is 22.2 Å². The molecule has 2 aromatic carbocycles. The first-order valence-corrected chi connectivity index (χ1v) is 9.25. The van der Waals surface area contributed by atoms with Crippen LogP contribution in [0.5, 0.6) is 5.75 Å². The van der Waals surface area contributed by atoms with E-state index in [1.807, 2.05) is 24.3 Å². The molecule has 0 atom stereocenters. The van der Waals surface area contributed by atoms with E-state index in [0.717, 1.165) is 6.42 Å². The number of rotatable bonds is 4. The maximum atomic E-state index is 12.9. The molecular weight excluding hydrogens is 366 g/mol. The van der Waals surface area contributed by atoms with Crippen LogP contribution in [-0.2, 0) is 6.42 Å². The molecule has 0 unspecified atom stereocenters. The Hall–Kier alpha value is -3.93. The number of nitrogens with zero attached hydrogens (tertiary/aromatic N) is 2. The molecule has 0 spiro atoms. The average Bonchev–Trinajstić information content (AvgIpc) is 2.74. The van der Waals surface area contributed by atoms with Crippen molar-refractivity contribution in [3.05, 3.63) is 89.6 Å². The number of hydrogen-bond donors (Lipinski definition) is 2. The fraction of sp³-hybridized carbons (Fsp3) is 0.0870. The number of fused-ring (bicyclic) bond motifs is 1. The van der Waals surface area contributed by atoms with Gasteiger partial charge in [0.2, 0.25) is 5.55 Å². The Morgan fingerprint density at radius 2 is 1.93 bits per heavy atom. The van der Waals surface area contributed by atoms with Crippen LogP contribution in [0, 0.1) is 0 Å². The van der Waals surface area contributed by atoms with Crippen LogP contribution in [0.25, 0.3) is 11.0 Å². The van der Waals surface area contributed by atoms with Gasteiger partial charge in [-0.05, 0) is 54.4 Å². The number of anilines is 1. The first-order valence-electron chi connectivity index (χ1n) is 9.25. The molecule has 144 valence electrons. The van der Waals surface area contributed by atoms with Gasteiger partial charge in [0.15, 0.2) is 0 Å². The largest absolute Gasteiger partial charge is 0.508 e. The number of benzene rings is 2. The van der Waals surface area contributed by atoms with E-state index in [9.17, 15) is 9.90 Å². The number of carbonyl (C=O) groups is 1. The summed E-state index contributed by atoms with van der Waals surface area (Å²) in [6.07, 6.45) is 2.53. The number of aromatic nitrogens is 1. The minimum absolute atomic E-state index is 0.0742. The van der Waals surface area contributed by atoms with E-state index >= 15 is 0 Å². The number of phenols is 1. The van der Waals surface area contributed by atoms with Crippen molar-refractivity contribution >= 4 is 28.4 Å². The normalized spacial score (nSPS) is 11.6. The minimum Gasteiger partial charge on any atom is -0.508 e. The smallest absolute Gasteiger partial charge is 0.262 e. The SMILES string of the molecule is CCc1ccc(N=c2oc3cc(O)ccc3cc2C(=O)Nc2ccccn2)cc1. The zero-order valence-electron chi connectivity index (χ0n) is 15.8. The third-order valence-corrected chi connectivity index (χ3v) is 4.46. The van der Waals surface area contributed by atoms with E-state index in [-0.39, 0.29) is 22.8 Å². The maximum absolute atomic E-state index is 12.9. The Balaban J connectivity index is 1.84. The van der Waals surface area contributed by atoms with Crippen molar-refractivity contribution in [2.75, 3.05) is 5.32 Å². The molecule has 0 aliphatic rings. The summed E-state index contributed by atoms with van der Waals surface area (Å²) in [4.78, 5) is 21.6. The predicted octanol–water partition coefficient (Wildman–Crippen LogP) is 4.58. The summed E-state index contributed by atoms with van der Waals surface area (Å²) in [5.41, 5.74) is 2.72. The first-order chi connectivity index (χ1) is 14.1. The van der Waals surface area contributed by atoms with Gasteiger partial charge in [-0.25, -0.2) is 9.98 Å². The first kappa shape index (κ1) is 18.4. The number of carbonyl (C=O) groups excluding carboxylic acids is 1. The average molecular weight is 385 g/mol. The van der Waals surface area contributed by atoms with Crippen molar-refractivity contribution in [2.24, 2.45) is 4.99 Å². The van der Waals surface area contributed by atoms with E-state index in [1.54, 1.807) is 42.6 Å². The zero-order valence-corrected chi connectivity index (χ0v) is 15.8. The van der Waals surface area contributed by atoms with Crippen molar-refractivity contribution in [1.82, 2.24) is 4.98 Å². The van der Waals surface area contributed by atoms with Crippen LogP contribution in [0.1, 0.15) is 22.8 Å². The lowest BCUT2D eigenvalue weighted by atomic mass is 10.1. The van der Waals surface area contributed by atoms with Crippen LogP contribution < -0.4 is 10.9 Å². The molecule has 0 aliphatic heterocycles. The molecule has 4 rings (SSSR count). The molecule has 6 nitrogen and oxygen atoms in total. The highest BCUT2D eigenvalue weighted by Gasteiger charge is 2.14.